The molecule has 3 aromatic rings. The number of benzene rings is 2. The third-order valence-electron chi connectivity index (χ3n) is 5.31. The van der Waals surface area contributed by atoms with Crippen molar-refractivity contribution in [3.8, 4) is 5.69 Å². The molecule has 2 aromatic carbocycles. The number of nitrogens with one attached hydrogen (secondary N) is 2. The summed E-state index contributed by atoms with van der Waals surface area (Å²) in [5.74, 6) is -0.270. The number of amides is 2. The van der Waals surface area contributed by atoms with Crippen LogP contribution in [-0.4, -0.2) is 41.2 Å². The van der Waals surface area contributed by atoms with Crippen molar-refractivity contribution in [3.63, 3.8) is 0 Å². The fourth-order valence-electron chi connectivity index (χ4n) is 3.70. The number of rotatable bonds is 5. The lowest BCUT2D eigenvalue weighted by molar-refractivity contribution is -0.120. The van der Waals surface area contributed by atoms with Crippen molar-refractivity contribution in [1.82, 2.24) is 15.1 Å². The molecule has 1 aromatic heterocycles. The lowest BCUT2D eigenvalue weighted by Crippen LogP contribution is -2.47. The number of nitrogens with zero attached hydrogens (tertiary/aromatic N) is 3. The molecule has 8 heteroatoms. The van der Waals surface area contributed by atoms with Gasteiger partial charge in [-0.05, 0) is 43.7 Å². The first-order valence-electron chi connectivity index (χ1n) is 10.2. The highest BCUT2D eigenvalue weighted by atomic mass is 35.5. The Morgan fingerprint density at radius 2 is 2.00 bits per heavy atom. The van der Waals surface area contributed by atoms with Gasteiger partial charge in [-0.15, -0.1) is 0 Å². The molecule has 0 spiro atoms. The lowest BCUT2D eigenvalue weighted by atomic mass is 10.1. The largest absolute Gasteiger partial charge is 0.359 e. The molecule has 4 rings (SSSR count). The first-order valence-corrected chi connectivity index (χ1v) is 10.6. The fourth-order valence-corrected chi connectivity index (χ4v) is 4.00. The van der Waals surface area contributed by atoms with Crippen molar-refractivity contribution >= 4 is 34.8 Å². The number of hydrogen-bond acceptors (Lipinski definition) is 4. The van der Waals surface area contributed by atoms with Crippen LogP contribution in [0.25, 0.3) is 5.69 Å². The van der Waals surface area contributed by atoms with Gasteiger partial charge in [-0.2, -0.15) is 5.10 Å². The molecule has 0 aliphatic carbocycles. The van der Waals surface area contributed by atoms with Crippen molar-refractivity contribution in [3.05, 3.63) is 70.5 Å². The van der Waals surface area contributed by atoms with Gasteiger partial charge in [0.1, 0.15) is 0 Å². The van der Waals surface area contributed by atoms with E-state index in [0.717, 1.165) is 22.6 Å². The first kappa shape index (κ1) is 20.9. The summed E-state index contributed by atoms with van der Waals surface area (Å²) >= 11 is 6.45. The molecule has 1 aliphatic heterocycles. The Labute approximate surface area is 186 Å². The smallest absolute Gasteiger partial charge is 0.259 e. The van der Waals surface area contributed by atoms with Crippen molar-refractivity contribution in [2.75, 3.05) is 29.9 Å². The molecule has 7 nitrogen and oxygen atoms in total. The molecule has 1 saturated heterocycles. The summed E-state index contributed by atoms with van der Waals surface area (Å²) in [6.07, 6.45) is 2.25. The van der Waals surface area contributed by atoms with Crippen molar-refractivity contribution < 1.29 is 9.59 Å². The van der Waals surface area contributed by atoms with Crippen molar-refractivity contribution in [1.29, 1.82) is 0 Å². The highest BCUT2D eigenvalue weighted by Crippen LogP contribution is 2.29. The van der Waals surface area contributed by atoms with Gasteiger partial charge in [0.25, 0.3) is 5.91 Å². The highest BCUT2D eigenvalue weighted by Gasteiger charge is 2.20. The Bertz CT molecular complexity index is 1120. The first-order chi connectivity index (χ1) is 15.0. The van der Waals surface area contributed by atoms with Gasteiger partial charge >= 0.3 is 0 Å². The van der Waals surface area contributed by atoms with Crippen LogP contribution in [0, 0.1) is 6.92 Å². The third kappa shape index (κ3) is 4.41. The summed E-state index contributed by atoms with van der Waals surface area (Å²) in [7, 11) is 0. The maximum atomic E-state index is 13.0. The summed E-state index contributed by atoms with van der Waals surface area (Å²) in [5, 5.41) is 10.6. The van der Waals surface area contributed by atoms with Crippen LogP contribution in [0.4, 0.5) is 11.4 Å². The highest BCUT2D eigenvalue weighted by molar-refractivity contribution is 6.33. The van der Waals surface area contributed by atoms with E-state index in [1.807, 2.05) is 49.1 Å². The van der Waals surface area contributed by atoms with Gasteiger partial charge in [-0.3, -0.25) is 9.59 Å². The maximum absolute atomic E-state index is 13.0. The summed E-state index contributed by atoms with van der Waals surface area (Å²) < 4.78 is 1.80. The van der Waals surface area contributed by atoms with Gasteiger partial charge in [0, 0.05) is 18.8 Å². The number of halogens is 1. The molecule has 1 fully saturated rings. The van der Waals surface area contributed by atoms with E-state index in [1.165, 1.54) is 0 Å². The summed E-state index contributed by atoms with van der Waals surface area (Å²) in [6, 6.07) is 13.3. The number of carbonyl (C=O) groups excluding carboxylic acids is 2. The van der Waals surface area contributed by atoms with E-state index in [2.05, 4.69) is 15.7 Å². The number of aryl methyl sites for hydroxylation is 1. The van der Waals surface area contributed by atoms with Crippen LogP contribution in [0.3, 0.4) is 0 Å². The second kappa shape index (κ2) is 8.81. The molecule has 2 amide bonds. The minimum Gasteiger partial charge on any atom is -0.359 e. The minimum atomic E-state index is -0.239. The number of hydrogen-bond donors (Lipinski definition) is 2. The number of anilines is 2. The van der Waals surface area contributed by atoms with E-state index in [4.69, 9.17) is 11.6 Å². The average Bonchev–Trinajstić information content (AvgIpc) is 3.18. The monoisotopic (exact) mass is 437 g/mol. The predicted molar refractivity (Wildman–Crippen MR) is 122 cm³/mol. The Morgan fingerprint density at radius 1 is 1.23 bits per heavy atom. The molecular formula is C23H24ClN5O2. The number of carbonyl (C=O) groups is 2. The molecule has 0 saturated carbocycles. The van der Waals surface area contributed by atoms with E-state index >= 15 is 0 Å². The van der Waals surface area contributed by atoms with E-state index in [0.29, 0.717) is 35.8 Å². The summed E-state index contributed by atoms with van der Waals surface area (Å²) in [4.78, 5) is 26.5. The van der Waals surface area contributed by atoms with Crippen molar-refractivity contribution in [2.24, 2.45) is 0 Å². The lowest BCUT2D eigenvalue weighted by Gasteiger charge is -2.29. The van der Waals surface area contributed by atoms with Gasteiger partial charge in [0.15, 0.2) is 0 Å². The molecular weight excluding hydrogens is 414 g/mol. The molecule has 0 atom stereocenters. The van der Waals surface area contributed by atoms with E-state index in [-0.39, 0.29) is 18.4 Å². The van der Waals surface area contributed by atoms with E-state index in [9.17, 15) is 9.59 Å². The normalized spacial score (nSPS) is 13.8. The molecule has 0 radical (unpaired) electrons. The molecule has 0 bridgehead atoms. The van der Waals surface area contributed by atoms with Gasteiger partial charge in [0.05, 0.1) is 40.4 Å². The van der Waals surface area contributed by atoms with Crippen molar-refractivity contribution in [2.45, 2.75) is 20.3 Å². The quantitative estimate of drug-likeness (QED) is 0.639. The Morgan fingerprint density at radius 3 is 2.68 bits per heavy atom. The van der Waals surface area contributed by atoms with Crippen LogP contribution in [0.2, 0.25) is 5.02 Å². The average molecular weight is 438 g/mol. The maximum Gasteiger partial charge on any atom is 0.259 e. The molecule has 2 heterocycles. The Hall–Kier alpha value is -3.32. The molecule has 2 N–H and O–H groups in total. The van der Waals surface area contributed by atoms with Crippen LogP contribution in [0.1, 0.15) is 28.5 Å². The SMILES string of the molecule is CCc1c(C(=O)Nc2ccc(N3CCNC(=O)C3)c(Cl)c2)cnn1-c1ccc(C)cc1. The minimum absolute atomic E-state index is 0.0302. The molecule has 1 aliphatic rings. The van der Waals surface area contributed by atoms with E-state index in [1.54, 1.807) is 23.0 Å². The summed E-state index contributed by atoms with van der Waals surface area (Å²) in [6.45, 7) is 5.57. The molecule has 31 heavy (non-hydrogen) atoms. The van der Waals surface area contributed by atoms with Gasteiger partial charge < -0.3 is 15.5 Å². The zero-order valence-electron chi connectivity index (χ0n) is 17.5. The number of piperazine rings is 1. The third-order valence-corrected chi connectivity index (χ3v) is 5.61. The fraction of sp³-hybridized carbons (Fsp3) is 0.261. The predicted octanol–water partition coefficient (Wildman–Crippen LogP) is 3.59. The summed E-state index contributed by atoms with van der Waals surface area (Å²) in [5.41, 5.74) is 4.80. The zero-order chi connectivity index (χ0) is 22.0. The van der Waals surface area contributed by atoms with Gasteiger partial charge in [-0.25, -0.2) is 4.68 Å². The Balaban J connectivity index is 1.54. The van der Waals surface area contributed by atoms with Gasteiger partial charge in [-0.1, -0.05) is 36.2 Å². The topological polar surface area (TPSA) is 79.3 Å². The second-order valence-electron chi connectivity index (χ2n) is 7.50. The van der Waals surface area contributed by atoms with Crippen LogP contribution in [0.5, 0.6) is 0 Å². The molecule has 160 valence electrons. The van der Waals surface area contributed by atoms with Crippen LogP contribution in [0.15, 0.2) is 48.7 Å². The van der Waals surface area contributed by atoms with E-state index < -0.39 is 0 Å². The van der Waals surface area contributed by atoms with Gasteiger partial charge in [0.2, 0.25) is 5.91 Å². The number of aromatic nitrogens is 2. The standard InChI is InChI=1S/C23H24ClN5O2/c1-3-20-18(13-26-29(20)17-7-4-15(2)5-8-17)23(31)27-16-6-9-21(19(24)12-16)28-11-10-25-22(30)14-28/h4-9,12-13H,3,10-11,14H2,1-2H3,(H,25,30)(H,27,31). The zero-order valence-corrected chi connectivity index (χ0v) is 18.2. The van der Waals surface area contributed by atoms with Crippen LogP contribution >= 0.6 is 11.6 Å². The second-order valence-corrected chi connectivity index (χ2v) is 7.90. The molecule has 0 unspecified atom stereocenters. The Kier molecular flexibility index (Phi) is 5.95. The van der Waals surface area contributed by atoms with Crippen LogP contribution < -0.4 is 15.5 Å². The van der Waals surface area contributed by atoms with Crippen LogP contribution in [-0.2, 0) is 11.2 Å².